The van der Waals surface area contributed by atoms with Crippen molar-refractivity contribution in [2.75, 3.05) is 18.5 Å². The third-order valence-corrected chi connectivity index (χ3v) is 8.60. The van der Waals surface area contributed by atoms with Gasteiger partial charge in [0, 0.05) is 0 Å². The molecule has 0 spiro atoms. The van der Waals surface area contributed by atoms with Gasteiger partial charge < -0.3 is 0 Å². The molecule has 0 fully saturated rings. The molecule has 30 heavy (non-hydrogen) atoms. The molecule has 7 heteroatoms. The van der Waals surface area contributed by atoms with Crippen molar-refractivity contribution in [3.63, 3.8) is 0 Å². The Kier molecular flexibility index (Phi) is 7.62. The van der Waals surface area contributed by atoms with Crippen LogP contribution < -0.4 is 25.4 Å². The van der Waals surface area contributed by atoms with Crippen LogP contribution in [0.25, 0.3) is 10.8 Å². The molecule has 0 aliphatic carbocycles. The molecule has 160 valence electrons. The molecule has 3 aromatic carbocycles. The van der Waals surface area contributed by atoms with Crippen LogP contribution in [0, 0.1) is 5.92 Å². The van der Waals surface area contributed by atoms with Crippen molar-refractivity contribution in [1.82, 2.24) is 4.31 Å². The van der Waals surface area contributed by atoms with E-state index < -0.39 is 31.5 Å². The average molecular weight is 537 g/mol. The van der Waals surface area contributed by atoms with E-state index in [0.717, 1.165) is 20.9 Å². The Balaban J connectivity index is 1.94. The van der Waals surface area contributed by atoms with Crippen LogP contribution in [0.3, 0.4) is 0 Å². The first-order valence-electron chi connectivity index (χ1n) is 9.62. The van der Waals surface area contributed by atoms with Crippen molar-refractivity contribution in [2.24, 2.45) is 9.86 Å². The van der Waals surface area contributed by atoms with Crippen molar-refractivity contribution in [2.45, 2.75) is 17.7 Å². The first-order chi connectivity index (χ1) is 14.3. The van der Waals surface area contributed by atoms with E-state index in [0.29, 0.717) is 11.8 Å². The number of rotatable bonds is 9. The number of fused-ring (bicyclic) bond motifs is 1. The molecule has 0 aliphatic heterocycles. The summed E-state index contributed by atoms with van der Waals surface area (Å²) in [6.45, 7) is 0. The fourth-order valence-electron chi connectivity index (χ4n) is 3.51. The van der Waals surface area contributed by atoms with Gasteiger partial charge in [-0.1, -0.05) is 0 Å². The summed E-state index contributed by atoms with van der Waals surface area (Å²) < 4.78 is 33.3. The quantitative estimate of drug-likeness (QED) is 0.237. The van der Waals surface area contributed by atoms with E-state index >= 15 is 0 Å². The van der Waals surface area contributed by atoms with Crippen molar-refractivity contribution in [3.05, 3.63) is 77.9 Å². The molecule has 0 saturated heterocycles. The van der Waals surface area contributed by atoms with Gasteiger partial charge >= 0.3 is 190 Å². The zero-order chi connectivity index (χ0) is 21.7. The van der Waals surface area contributed by atoms with Crippen molar-refractivity contribution in [3.8, 4) is 0 Å². The van der Waals surface area contributed by atoms with Crippen LogP contribution in [-0.4, -0.2) is 37.0 Å². The number of benzene rings is 3. The van der Waals surface area contributed by atoms with Gasteiger partial charge in [0.05, 0.1) is 0 Å². The Bertz CT molecular complexity index is 1130. The van der Waals surface area contributed by atoms with Crippen LogP contribution in [0.15, 0.2) is 71.6 Å². The van der Waals surface area contributed by atoms with Gasteiger partial charge in [-0.15, -0.1) is 0 Å². The number of alkyl halides is 1. The minimum atomic E-state index is -3.58. The van der Waals surface area contributed by atoms with Crippen molar-refractivity contribution >= 4 is 26.6 Å². The standard InChI is InChI=1S/C23H26IN2O3S/c1-26(2)30(28,29)23-13-7-11-20-18(10-6-12-21(20)23)15-22(27)19(16-24-25)14-17-8-4-3-5-9-17/h3-13,19H,14-16,25H2,1-2H3/q-1/t19-/m1/s1. The number of halogens is 1. The topological polar surface area (TPSA) is 80.5 Å². The van der Waals surface area contributed by atoms with Gasteiger partial charge in [-0.2, -0.15) is 0 Å². The zero-order valence-corrected chi connectivity index (χ0v) is 20.1. The molecule has 0 aromatic heterocycles. The maximum atomic E-state index is 13.2. The Morgan fingerprint density at radius 1 is 0.967 bits per heavy atom. The van der Waals surface area contributed by atoms with Crippen LogP contribution in [0.2, 0.25) is 0 Å². The number of nitrogens with zero attached hydrogens (tertiary/aromatic N) is 1. The van der Waals surface area contributed by atoms with Gasteiger partial charge in [0.1, 0.15) is 0 Å². The second kappa shape index (κ2) is 10.00. The second-order valence-electron chi connectivity index (χ2n) is 7.39. The molecule has 0 saturated carbocycles. The van der Waals surface area contributed by atoms with Crippen LogP contribution in [0.4, 0.5) is 0 Å². The van der Waals surface area contributed by atoms with Crippen molar-refractivity contribution < 1.29 is 34.7 Å². The number of ketones is 1. The number of nitrogens with two attached hydrogens (primary N) is 1. The monoisotopic (exact) mass is 537 g/mol. The van der Waals surface area contributed by atoms with E-state index in [4.69, 9.17) is 3.95 Å². The van der Waals surface area contributed by atoms with Crippen LogP contribution in [-0.2, 0) is 27.7 Å². The summed E-state index contributed by atoms with van der Waals surface area (Å²) in [5.74, 6) is 0.0338. The predicted octanol–water partition coefficient (Wildman–Crippen LogP) is 0.0233. The summed E-state index contributed by atoms with van der Waals surface area (Å²) in [7, 11) is -0.539. The van der Waals surface area contributed by atoms with Gasteiger partial charge in [-0.3, -0.25) is 0 Å². The molecule has 0 radical (unpaired) electrons. The number of carbonyl (C=O) groups is 1. The normalized spacial score (nSPS) is 13.1. The molecular formula is C23H26IN2O3S-. The maximum absolute atomic E-state index is 13.2. The fraction of sp³-hybridized carbons (Fsp3) is 0.261. The summed E-state index contributed by atoms with van der Waals surface area (Å²) >= 11 is -0.510. The van der Waals surface area contributed by atoms with E-state index in [-0.39, 0.29) is 23.0 Å². The van der Waals surface area contributed by atoms with E-state index in [9.17, 15) is 13.2 Å². The predicted molar refractivity (Wildman–Crippen MR) is 116 cm³/mol. The number of hydrogen-bond acceptors (Lipinski definition) is 4. The van der Waals surface area contributed by atoms with Gasteiger partial charge in [0.2, 0.25) is 0 Å². The van der Waals surface area contributed by atoms with Gasteiger partial charge in [0.15, 0.2) is 0 Å². The molecule has 3 rings (SSSR count). The third kappa shape index (κ3) is 5.08. The van der Waals surface area contributed by atoms with Crippen LogP contribution in [0.5, 0.6) is 0 Å². The molecule has 0 bridgehead atoms. The molecule has 3 aromatic rings. The van der Waals surface area contributed by atoms with Crippen LogP contribution in [0.1, 0.15) is 11.1 Å². The van der Waals surface area contributed by atoms with Gasteiger partial charge in [-0.05, 0) is 0 Å². The van der Waals surface area contributed by atoms with Crippen molar-refractivity contribution in [1.29, 1.82) is 0 Å². The molecular weight excluding hydrogens is 511 g/mol. The summed E-state index contributed by atoms with van der Waals surface area (Å²) in [4.78, 5) is 13.4. The molecule has 0 aliphatic rings. The zero-order valence-electron chi connectivity index (χ0n) is 17.1. The Hall–Kier alpha value is -1.81. The summed E-state index contributed by atoms with van der Waals surface area (Å²) in [6, 6.07) is 20.7. The summed E-state index contributed by atoms with van der Waals surface area (Å²) in [5, 5.41) is 1.44. The molecule has 1 atom stereocenters. The number of sulfonamides is 1. The molecule has 0 heterocycles. The first kappa shape index (κ1) is 22.9. The van der Waals surface area contributed by atoms with Crippen LogP contribution >= 0.6 is 0 Å². The summed E-state index contributed by atoms with van der Waals surface area (Å²) in [6.07, 6.45) is 0.950. The van der Waals surface area contributed by atoms with Gasteiger partial charge in [0.25, 0.3) is 0 Å². The van der Waals surface area contributed by atoms with Gasteiger partial charge in [-0.25, -0.2) is 0 Å². The van der Waals surface area contributed by atoms with E-state index in [1.165, 1.54) is 18.4 Å². The van der Waals surface area contributed by atoms with E-state index in [1.54, 1.807) is 18.2 Å². The number of Topliss-reactive ketones (excluding diaryl/α,β-unsaturated/α-hetero) is 1. The SMILES string of the molecule is CN(C)S(=O)(=O)c1cccc2c(CC(=O)[C@@H](C[I-]N)Cc3ccccc3)cccc12. The third-order valence-electron chi connectivity index (χ3n) is 5.15. The Morgan fingerprint density at radius 3 is 2.30 bits per heavy atom. The minimum absolute atomic E-state index is 0.117. The summed E-state index contributed by atoms with van der Waals surface area (Å²) in [5.41, 5.74) is 1.98. The molecule has 0 amide bonds. The molecule has 0 unspecified atom stereocenters. The average Bonchev–Trinajstić information content (AvgIpc) is 2.74. The second-order valence-corrected chi connectivity index (χ2v) is 11.3. The molecule has 2 N–H and O–H groups in total. The Labute approximate surface area is 188 Å². The number of hydrogen-bond donors (Lipinski definition) is 1. The van der Waals surface area contributed by atoms with E-state index in [1.807, 2.05) is 48.5 Å². The Morgan fingerprint density at radius 2 is 1.63 bits per heavy atom. The first-order valence-corrected chi connectivity index (χ1v) is 13.8. The van der Waals surface area contributed by atoms with E-state index in [2.05, 4.69) is 0 Å². The fourth-order valence-corrected chi connectivity index (χ4v) is 6.03. The molecule has 5 nitrogen and oxygen atoms in total. The number of carbonyl (C=O) groups excluding carboxylic acids is 1.